The van der Waals surface area contributed by atoms with Gasteiger partial charge < -0.3 is 15.2 Å². The number of aromatic nitrogens is 2. The summed E-state index contributed by atoms with van der Waals surface area (Å²) in [5.41, 5.74) is 5.63. The van der Waals surface area contributed by atoms with Crippen LogP contribution in [0.2, 0.25) is 0 Å². The highest BCUT2D eigenvalue weighted by molar-refractivity contribution is 5.49. The maximum Gasteiger partial charge on any atom is 0.434 e. The molecule has 2 N–H and O–H groups in total. The van der Waals surface area contributed by atoms with Gasteiger partial charge in [0.2, 0.25) is 5.88 Å². The molecule has 1 aromatic heterocycles. The number of rotatable bonds is 2. The lowest BCUT2D eigenvalue weighted by atomic mass is 10.0. The number of para-hydroxylation sites is 1. The molecule has 3 rings (SSSR count). The number of ether oxygens (including phenoxy) is 2. The lowest BCUT2D eigenvalue weighted by molar-refractivity contribution is -0.141. The van der Waals surface area contributed by atoms with Gasteiger partial charge in [0.1, 0.15) is 6.61 Å². The van der Waals surface area contributed by atoms with Gasteiger partial charge in [-0.05, 0) is 18.1 Å². The Hall–Kier alpha value is -2.35. The zero-order valence-corrected chi connectivity index (χ0v) is 11.3. The Bertz CT molecular complexity index is 674. The Labute approximate surface area is 123 Å². The Morgan fingerprint density at radius 3 is 2.73 bits per heavy atom. The van der Waals surface area contributed by atoms with Gasteiger partial charge in [0, 0.05) is 6.04 Å². The highest BCUT2D eigenvalue weighted by Crippen LogP contribution is 2.37. The fourth-order valence-electron chi connectivity index (χ4n) is 2.13. The summed E-state index contributed by atoms with van der Waals surface area (Å²) in [6.45, 7) is 0.353. The molecular weight excluding hydrogens is 299 g/mol. The van der Waals surface area contributed by atoms with Gasteiger partial charge in [0.25, 0.3) is 0 Å². The van der Waals surface area contributed by atoms with Crippen molar-refractivity contribution in [3.63, 3.8) is 0 Å². The van der Waals surface area contributed by atoms with Crippen LogP contribution >= 0.6 is 0 Å². The number of alkyl halides is 3. The molecule has 116 valence electrons. The average Bonchev–Trinajstić information content (AvgIpc) is 2.47. The SMILES string of the molecule is NC1COc2c(cccc2Oc2cnc(C(F)(F)F)cn2)C1. The molecule has 0 fully saturated rings. The van der Waals surface area contributed by atoms with Crippen LogP contribution in [-0.4, -0.2) is 22.6 Å². The first-order valence-electron chi connectivity index (χ1n) is 6.51. The van der Waals surface area contributed by atoms with Crippen LogP contribution in [0.3, 0.4) is 0 Å². The smallest absolute Gasteiger partial charge is 0.434 e. The third-order valence-electron chi connectivity index (χ3n) is 3.12. The number of halogens is 3. The van der Waals surface area contributed by atoms with Crippen molar-refractivity contribution in [1.82, 2.24) is 9.97 Å². The summed E-state index contributed by atoms with van der Waals surface area (Å²) in [6, 6.07) is 5.18. The van der Waals surface area contributed by atoms with Crippen molar-refractivity contribution in [3.8, 4) is 17.4 Å². The fourth-order valence-corrected chi connectivity index (χ4v) is 2.13. The molecule has 0 saturated carbocycles. The van der Waals surface area contributed by atoms with Gasteiger partial charge in [0.15, 0.2) is 17.2 Å². The van der Waals surface area contributed by atoms with E-state index in [1.165, 1.54) is 0 Å². The molecule has 0 saturated heterocycles. The molecule has 1 aliphatic rings. The number of fused-ring (bicyclic) bond motifs is 1. The van der Waals surface area contributed by atoms with Crippen molar-refractivity contribution < 1.29 is 22.6 Å². The minimum absolute atomic E-state index is 0.0418. The maximum atomic E-state index is 12.4. The van der Waals surface area contributed by atoms with Crippen LogP contribution in [0.4, 0.5) is 13.2 Å². The van der Waals surface area contributed by atoms with Gasteiger partial charge in [-0.1, -0.05) is 12.1 Å². The third kappa shape index (κ3) is 2.96. The Kier molecular flexibility index (Phi) is 3.61. The van der Waals surface area contributed by atoms with Crippen molar-refractivity contribution in [2.24, 2.45) is 5.73 Å². The minimum Gasteiger partial charge on any atom is -0.488 e. The van der Waals surface area contributed by atoms with Gasteiger partial charge in [-0.25, -0.2) is 9.97 Å². The molecule has 1 atom stereocenters. The van der Waals surface area contributed by atoms with E-state index in [2.05, 4.69) is 9.97 Å². The summed E-state index contributed by atoms with van der Waals surface area (Å²) in [7, 11) is 0. The largest absolute Gasteiger partial charge is 0.488 e. The molecule has 1 unspecified atom stereocenters. The van der Waals surface area contributed by atoms with E-state index in [9.17, 15) is 13.2 Å². The maximum absolute atomic E-state index is 12.4. The number of hydrogen-bond donors (Lipinski definition) is 1. The van der Waals surface area contributed by atoms with Crippen molar-refractivity contribution in [2.75, 3.05) is 6.61 Å². The Morgan fingerprint density at radius 1 is 1.23 bits per heavy atom. The summed E-state index contributed by atoms with van der Waals surface area (Å²) < 4.78 is 48.3. The summed E-state index contributed by atoms with van der Waals surface area (Å²) in [5, 5.41) is 0. The highest BCUT2D eigenvalue weighted by Gasteiger charge is 2.33. The molecule has 8 heteroatoms. The summed E-state index contributed by atoms with van der Waals surface area (Å²) in [6.07, 6.45) is -2.33. The fraction of sp³-hybridized carbons (Fsp3) is 0.286. The normalized spacial score (nSPS) is 17.5. The summed E-state index contributed by atoms with van der Waals surface area (Å²) in [4.78, 5) is 6.92. The molecule has 0 bridgehead atoms. The molecule has 22 heavy (non-hydrogen) atoms. The third-order valence-corrected chi connectivity index (χ3v) is 3.12. The number of nitrogens with two attached hydrogens (primary N) is 1. The van der Waals surface area contributed by atoms with Gasteiger partial charge in [-0.2, -0.15) is 13.2 Å². The lowest BCUT2D eigenvalue weighted by Gasteiger charge is -2.24. The standard InChI is InChI=1S/C14H12F3N3O2/c15-14(16,17)11-5-20-12(6-19-11)22-10-3-1-2-8-4-9(18)7-21-13(8)10/h1-3,5-6,9H,4,7,18H2. The van der Waals surface area contributed by atoms with Crippen LogP contribution in [0.25, 0.3) is 0 Å². The summed E-state index contributed by atoms with van der Waals surface area (Å²) in [5.74, 6) is 0.865. The Balaban J connectivity index is 1.83. The molecule has 1 aliphatic heterocycles. The second-order valence-electron chi connectivity index (χ2n) is 4.86. The first-order chi connectivity index (χ1) is 10.4. The summed E-state index contributed by atoms with van der Waals surface area (Å²) >= 11 is 0. The van der Waals surface area contributed by atoms with E-state index < -0.39 is 11.9 Å². The minimum atomic E-state index is -4.53. The molecular formula is C14H12F3N3O2. The van der Waals surface area contributed by atoms with Gasteiger partial charge >= 0.3 is 6.18 Å². The van der Waals surface area contributed by atoms with Crippen molar-refractivity contribution >= 4 is 0 Å². The first kappa shape index (κ1) is 14.6. The zero-order chi connectivity index (χ0) is 15.7. The average molecular weight is 311 g/mol. The molecule has 2 heterocycles. The van der Waals surface area contributed by atoms with Crippen molar-refractivity contribution in [1.29, 1.82) is 0 Å². The van der Waals surface area contributed by atoms with Gasteiger partial charge in [-0.15, -0.1) is 0 Å². The van der Waals surface area contributed by atoms with Gasteiger partial charge in [-0.3, -0.25) is 0 Å². The lowest BCUT2D eigenvalue weighted by Crippen LogP contribution is -2.33. The topological polar surface area (TPSA) is 70.3 Å². The molecule has 0 radical (unpaired) electrons. The molecule has 2 aromatic rings. The zero-order valence-electron chi connectivity index (χ0n) is 11.3. The number of nitrogens with zero attached hydrogens (tertiary/aromatic N) is 2. The predicted molar refractivity (Wildman–Crippen MR) is 70.7 cm³/mol. The van der Waals surface area contributed by atoms with Crippen LogP contribution in [0.5, 0.6) is 17.4 Å². The van der Waals surface area contributed by atoms with Crippen molar-refractivity contribution in [3.05, 3.63) is 41.9 Å². The number of benzene rings is 1. The molecule has 0 amide bonds. The van der Waals surface area contributed by atoms with Crippen LogP contribution in [-0.2, 0) is 12.6 Å². The first-order valence-corrected chi connectivity index (χ1v) is 6.51. The molecule has 1 aromatic carbocycles. The monoisotopic (exact) mass is 311 g/mol. The second-order valence-corrected chi connectivity index (χ2v) is 4.86. The molecule has 0 aliphatic carbocycles. The van der Waals surface area contributed by atoms with Crippen LogP contribution < -0.4 is 15.2 Å². The highest BCUT2D eigenvalue weighted by atomic mass is 19.4. The number of hydrogen-bond acceptors (Lipinski definition) is 5. The van der Waals surface area contributed by atoms with E-state index >= 15 is 0 Å². The second kappa shape index (κ2) is 5.45. The van der Waals surface area contributed by atoms with E-state index in [1.807, 2.05) is 6.07 Å². The van der Waals surface area contributed by atoms with E-state index in [0.29, 0.717) is 30.7 Å². The molecule has 5 nitrogen and oxygen atoms in total. The quantitative estimate of drug-likeness (QED) is 0.923. The van der Waals surface area contributed by atoms with E-state index in [-0.39, 0.29) is 11.9 Å². The van der Waals surface area contributed by atoms with Gasteiger partial charge in [0.05, 0.1) is 12.4 Å². The van der Waals surface area contributed by atoms with E-state index in [1.54, 1.807) is 12.1 Å². The van der Waals surface area contributed by atoms with E-state index in [0.717, 1.165) is 11.8 Å². The predicted octanol–water partition coefficient (Wildman–Crippen LogP) is 2.55. The van der Waals surface area contributed by atoms with E-state index in [4.69, 9.17) is 15.2 Å². The molecule has 0 spiro atoms. The van der Waals surface area contributed by atoms with Crippen LogP contribution in [0, 0.1) is 0 Å². The van der Waals surface area contributed by atoms with Crippen LogP contribution in [0.1, 0.15) is 11.3 Å². The Morgan fingerprint density at radius 2 is 2.05 bits per heavy atom. The van der Waals surface area contributed by atoms with Crippen LogP contribution in [0.15, 0.2) is 30.6 Å². The van der Waals surface area contributed by atoms with Crippen molar-refractivity contribution in [2.45, 2.75) is 18.6 Å².